The lowest BCUT2D eigenvalue weighted by Gasteiger charge is -2.29. The van der Waals surface area contributed by atoms with Crippen molar-refractivity contribution < 1.29 is 28.7 Å². The monoisotopic (exact) mass is 496 g/mol. The fraction of sp³-hybridized carbons (Fsp3) is 0.385. The number of para-hydroxylation sites is 1. The van der Waals surface area contributed by atoms with Crippen LogP contribution in [0.2, 0.25) is 0 Å². The van der Waals surface area contributed by atoms with E-state index in [2.05, 4.69) is 16.2 Å². The minimum Gasteiger partial charge on any atom is -0.444 e. The van der Waals surface area contributed by atoms with Crippen molar-refractivity contribution in [2.24, 2.45) is 0 Å². The summed E-state index contributed by atoms with van der Waals surface area (Å²) in [5.41, 5.74) is 6.28. The van der Waals surface area contributed by atoms with E-state index in [0.717, 1.165) is 29.7 Å². The molecule has 10 heteroatoms. The molecule has 0 aromatic heterocycles. The number of aryl methyl sites for hydroxylation is 1. The summed E-state index contributed by atoms with van der Waals surface area (Å²) < 4.78 is 10.2. The van der Waals surface area contributed by atoms with E-state index in [4.69, 9.17) is 9.47 Å². The lowest BCUT2D eigenvalue weighted by molar-refractivity contribution is -0.124. The number of rotatable bonds is 6. The van der Waals surface area contributed by atoms with Gasteiger partial charge in [0, 0.05) is 18.7 Å². The zero-order valence-electron chi connectivity index (χ0n) is 20.7. The maximum Gasteiger partial charge on any atom is 0.426 e. The van der Waals surface area contributed by atoms with Gasteiger partial charge in [0.2, 0.25) is 0 Å². The lowest BCUT2D eigenvalue weighted by Crippen LogP contribution is -2.54. The Morgan fingerprint density at radius 1 is 0.944 bits per heavy atom. The maximum atomic E-state index is 12.7. The molecule has 0 bridgehead atoms. The van der Waals surface area contributed by atoms with Crippen molar-refractivity contribution in [2.75, 3.05) is 18.1 Å². The van der Waals surface area contributed by atoms with Crippen LogP contribution in [0.3, 0.4) is 0 Å². The minimum atomic E-state index is -1.03. The van der Waals surface area contributed by atoms with Gasteiger partial charge in [0.25, 0.3) is 11.8 Å². The van der Waals surface area contributed by atoms with Crippen LogP contribution in [-0.2, 0) is 31.9 Å². The first-order valence-corrected chi connectivity index (χ1v) is 11.8. The Morgan fingerprint density at radius 3 is 2.36 bits per heavy atom. The molecule has 1 aliphatic rings. The highest BCUT2D eigenvalue weighted by atomic mass is 16.6. The molecule has 3 rings (SSSR count). The summed E-state index contributed by atoms with van der Waals surface area (Å²) in [5.74, 6) is -1.05. The Morgan fingerprint density at radius 2 is 1.64 bits per heavy atom. The van der Waals surface area contributed by atoms with E-state index < -0.39 is 36.3 Å². The highest BCUT2D eigenvalue weighted by molar-refractivity contribution is 5.96. The van der Waals surface area contributed by atoms with Crippen molar-refractivity contribution in [3.8, 4) is 0 Å². The van der Waals surface area contributed by atoms with Gasteiger partial charge in [-0.05, 0) is 50.8 Å². The van der Waals surface area contributed by atoms with Crippen LogP contribution >= 0.6 is 0 Å². The Balaban J connectivity index is 1.52. The van der Waals surface area contributed by atoms with Gasteiger partial charge in [0.15, 0.2) is 6.61 Å². The number of anilines is 1. The number of benzene rings is 2. The summed E-state index contributed by atoms with van der Waals surface area (Å²) in [6.45, 7) is 5.18. The third-order valence-electron chi connectivity index (χ3n) is 5.32. The van der Waals surface area contributed by atoms with E-state index in [0.29, 0.717) is 6.54 Å². The zero-order valence-corrected chi connectivity index (χ0v) is 20.7. The highest BCUT2D eigenvalue weighted by Crippen LogP contribution is 2.26. The third-order valence-corrected chi connectivity index (χ3v) is 5.32. The van der Waals surface area contributed by atoms with Crippen LogP contribution in [0.4, 0.5) is 15.3 Å². The molecule has 0 unspecified atom stereocenters. The molecule has 1 heterocycles. The largest absolute Gasteiger partial charge is 0.444 e. The normalized spacial score (nSPS) is 13.6. The standard InChI is InChI=1S/C26H32N4O6/c1-26(2,3)36-24(33)27-20(16-18-10-5-4-6-11-18)23(32)28-29-25(34)35-17-22(31)30-15-9-13-19-12-7-8-14-21(19)30/h4-8,10-12,14,20H,9,13,15-17H2,1-3H3,(H,27,33)(H,28,32)(H,29,34)/t20-/m0/s1. The second-order valence-electron chi connectivity index (χ2n) is 9.36. The second-order valence-corrected chi connectivity index (χ2v) is 9.36. The van der Waals surface area contributed by atoms with E-state index in [1.807, 2.05) is 54.6 Å². The van der Waals surface area contributed by atoms with Crippen LogP contribution in [0.5, 0.6) is 0 Å². The molecule has 0 aliphatic carbocycles. The van der Waals surface area contributed by atoms with Crippen LogP contribution in [0.15, 0.2) is 54.6 Å². The predicted molar refractivity (Wildman–Crippen MR) is 133 cm³/mol. The summed E-state index contributed by atoms with van der Waals surface area (Å²) in [6, 6.07) is 15.6. The molecule has 36 heavy (non-hydrogen) atoms. The van der Waals surface area contributed by atoms with Crippen molar-refractivity contribution in [3.63, 3.8) is 0 Å². The molecule has 0 fully saturated rings. The Hall–Kier alpha value is -4.08. The maximum absolute atomic E-state index is 12.7. The number of carbonyl (C=O) groups excluding carboxylic acids is 4. The average molecular weight is 497 g/mol. The Labute approximate surface area is 210 Å². The van der Waals surface area contributed by atoms with Crippen molar-refractivity contribution >= 4 is 29.7 Å². The van der Waals surface area contributed by atoms with Crippen molar-refractivity contribution in [1.82, 2.24) is 16.2 Å². The number of nitrogens with one attached hydrogen (secondary N) is 3. The summed E-state index contributed by atoms with van der Waals surface area (Å²) in [4.78, 5) is 51.4. The van der Waals surface area contributed by atoms with E-state index in [-0.39, 0.29) is 12.3 Å². The quantitative estimate of drug-likeness (QED) is 0.528. The fourth-order valence-electron chi connectivity index (χ4n) is 3.74. The molecule has 1 aliphatic heterocycles. The summed E-state index contributed by atoms with van der Waals surface area (Å²) in [6.07, 6.45) is 0.0919. The third kappa shape index (κ3) is 8.00. The first kappa shape index (κ1) is 26.5. The van der Waals surface area contributed by atoms with Gasteiger partial charge in [-0.25, -0.2) is 15.0 Å². The number of nitrogens with zero attached hydrogens (tertiary/aromatic N) is 1. The molecule has 192 valence electrons. The number of amides is 4. The summed E-state index contributed by atoms with van der Waals surface area (Å²) >= 11 is 0. The molecule has 10 nitrogen and oxygen atoms in total. The number of hydrogen-bond donors (Lipinski definition) is 3. The van der Waals surface area contributed by atoms with E-state index >= 15 is 0 Å². The zero-order chi connectivity index (χ0) is 26.1. The molecule has 2 aromatic carbocycles. The smallest absolute Gasteiger partial charge is 0.426 e. The lowest BCUT2D eigenvalue weighted by atomic mass is 10.0. The molecule has 2 aromatic rings. The van der Waals surface area contributed by atoms with Gasteiger partial charge < -0.3 is 19.7 Å². The number of ether oxygens (including phenoxy) is 2. The summed E-state index contributed by atoms with van der Waals surface area (Å²) in [5, 5.41) is 2.52. The van der Waals surface area contributed by atoms with E-state index in [1.54, 1.807) is 25.7 Å². The number of carbonyl (C=O) groups is 4. The van der Waals surface area contributed by atoms with Crippen LogP contribution in [0.1, 0.15) is 38.3 Å². The topological polar surface area (TPSA) is 126 Å². The highest BCUT2D eigenvalue weighted by Gasteiger charge is 2.26. The molecule has 3 N–H and O–H groups in total. The van der Waals surface area contributed by atoms with Crippen LogP contribution in [0.25, 0.3) is 0 Å². The number of hydrazine groups is 1. The molecular weight excluding hydrogens is 464 g/mol. The molecule has 1 atom stereocenters. The van der Waals surface area contributed by atoms with Gasteiger partial charge in [-0.1, -0.05) is 48.5 Å². The molecule has 0 saturated heterocycles. The second kappa shape index (κ2) is 12.1. The predicted octanol–water partition coefficient (Wildman–Crippen LogP) is 2.86. The van der Waals surface area contributed by atoms with Gasteiger partial charge in [0.05, 0.1) is 0 Å². The molecular formula is C26H32N4O6. The van der Waals surface area contributed by atoms with Gasteiger partial charge in [-0.3, -0.25) is 15.0 Å². The van der Waals surface area contributed by atoms with Crippen LogP contribution < -0.4 is 21.1 Å². The first-order valence-electron chi connectivity index (χ1n) is 11.8. The van der Waals surface area contributed by atoms with Gasteiger partial charge in [-0.2, -0.15) is 0 Å². The molecule has 4 amide bonds. The first-order chi connectivity index (χ1) is 17.1. The molecule has 0 radical (unpaired) electrons. The van der Waals surface area contributed by atoms with E-state index in [1.165, 1.54) is 0 Å². The van der Waals surface area contributed by atoms with Gasteiger partial charge >= 0.3 is 12.2 Å². The van der Waals surface area contributed by atoms with Crippen LogP contribution in [0, 0.1) is 0 Å². The Kier molecular flexibility index (Phi) is 8.88. The van der Waals surface area contributed by atoms with Gasteiger partial charge in [-0.15, -0.1) is 0 Å². The van der Waals surface area contributed by atoms with Crippen molar-refractivity contribution in [1.29, 1.82) is 0 Å². The van der Waals surface area contributed by atoms with Crippen molar-refractivity contribution in [3.05, 3.63) is 65.7 Å². The SMILES string of the molecule is CC(C)(C)OC(=O)N[C@@H](Cc1ccccc1)C(=O)NNC(=O)OCC(=O)N1CCCc2ccccc21. The van der Waals surface area contributed by atoms with Crippen molar-refractivity contribution in [2.45, 2.75) is 51.7 Å². The number of alkyl carbamates (subject to hydrolysis) is 1. The number of fused-ring (bicyclic) bond motifs is 1. The van der Waals surface area contributed by atoms with Crippen LogP contribution in [-0.4, -0.2) is 48.8 Å². The average Bonchev–Trinajstić information content (AvgIpc) is 2.84. The fourth-order valence-corrected chi connectivity index (χ4v) is 3.74. The summed E-state index contributed by atoms with van der Waals surface area (Å²) in [7, 11) is 0. The minimum absolute atomic E-state index is 0.162. The number of hydrogen-bond acceptors (Lipinski definition) is 6. The van der Waals surface area contributed by atoms with E-state index in [9.17, 15) is 19.2 Å². The Bertz CT molecular complexity index is 1080. The molecule has 0 saturated carbocycles. The van der Waals surface area contributed by atoms with Gasteiger partial charge in [0.1, 0.15) is 11.6 Å². The molecule has 0 spiro atoms.